The molecule has 19 heavy (non-hydrogen) atoms. The molecule has 0 radical (unpaired) electrons. The van der Waals surface area contributed by atoms with E-state index in [1.807, 2.05) is 6.92 Å². The first-order valence-corrected chi connectivity index (χ1v) is 7.11. The first-order chi connectivity index (χ1) is 8.84. The summed E-state index contributed by atoms with van der Waals surface area (Å²) in [5, 5.41) is 11.8. The number of amides is 2. The van der Waals surface area contributed by atoms with E-state index < -0.39 is 5.97 Å². The second kappa shape index (κ2) is 6.78. The first-order valence-electron chi connectivity index (χ1n) is 7.11. The van der Waals surface area contributed by atoms with Gasteiger partial charge in [0.05, 0.1) is 0 Å². The van der Waals surface area contributed by atoms with Crippen LogP contribution in [0.1, 0.15) is 52.9 Å². The number of hydrogen-bond donors (Lipinski definition) is 2. The summed E-state index contributed by atoms with van der Waals surface area (Å²) in [6.07, 6.45) is 4.92. The Morgan fingerprint density at radius 1 is 1.32 bits per heavy atom. The van der Waals surface area contributed by atoms with Gasteiger partial charge in [-0.2, -0.15) is 0 Å². The third kappa shape index (κ3) is 5.49. The van der Waals surface area contributed by atoms with Gasteiger partial charge in [-0.05, 0) is 37.5 Å². The Morgan fingerprint density at radius 2 is 1.89 bits per heavy atom. The van der Waals surface area contributed by atoms with E-state index in [4.69, 9.17) is 5.11 Å². The van der Waals surface area contributed by atoms with E-state index in [0.717, 1.165) is 32.1 Å². The lowest BCUT2D eigenvalue weighted by Gasteiger charge is -2.35. The minimum atomic E-state index is -0.964. The average molecular weight is 270 g/mol. The summed E-state index contributed by atoms with van der Waals surface area (Å²) in [6.45, 7) is 6.69. The summed E-state index contributed by atoms with van der Waals surface area (Å²) < 4.78 is 0. The molecule has 0 atom stereocenters. The van der Waals surface area contributed by atoms with Crippen molar-refractivity contribution in [3.8, 4) is 0 Å². The second-order valence-corrected chi connectivity index (χ2v) is 6.20. The van der Waals surface area contributed by atoms with Crippen LogP contribution in [-0.4, -0.2) is 41.1 Å². The molecule has 0 aromatic heterocycles. The van der Waals surface area contributed by atoms with Gasteiger partial charge in [0.15, 0.2) is 0 Å². The van der Waals surface area contributed by atoms with E-state index in [-0.39, 0.29) is 18.6 Å². The number of urea groups is 1. The Hall–Kier alpha value is -1.26. The van der Waals surface area contributed by atoms with E-state index in [1.54, 1.807) is 0 Å². The zero-order chi connectivity index (χ0) is 14.5. The van der Waals surface area contributed by atoms with Gasteiger partial charge < -0.3 is 15.3 Å². The molecule has 1 rings (SSSR count). The van der Waals surface area contributed by atoms with E-state index in [1.165, 1.54) is 4.90 Å². The number of rotatable bonds is 5. The molecule has 2 N–H and O–H groups in total. The smallest absolute Gasteiger partial charge is 0.323 e. The van der Waals surface area contributed by atoms with Crippen molar-refractivity contribution in [2.45, 2.75) is 58.9 Å². The maximum absolute atomic E-state index is 12.0. The van der Waals surface area contributed by atoms with Crippen LogP contribution in [0.5, 0.6) is 0 Å². The predicted molar refractivity (Wildman–Crippen MR) is 74.1 cm³/mol. The number of nitrogens with one attached hydrogen (secondary N) is 1. The molecule has 0 heterocycles. The molecule has 2 amide bonds. The summed E-state index contributed by atoms with van der Waals surface area (Å²) >= 11 is 0. The molecule has 110 valence electrons. The average Bonchev–Trinajstić information content (AvgIpc) is 2.31. The van der Waals surface area contributed by atoms with Gasteiger partial charge in [0.2, 0.25) is 0 Å². The van der Waals surface area contributed by atoms with Crippen LogP contribution >= 0.6 is 0 Å². The van der Waals surface area contributed by atoms with Crippen molar-refractivity contribution in [1.29, 1.82) is 0 Å². The summed E-state index contributed by atoms with van der Waals surface area (Å²) in [6, 6.07) is -0.0531. The number of hydrogen-bond acceptors (Lipinski definition) is 2. The zero-order valence-corrected chi connectivity index (χ0v) is 12.2. The summed E-state index contributed by atoms with van der Waals surface area (Å²) in [5.74, 6) is -0.964. The monoisotopic (exact) mass is 270 g/mol. The lowest BCUT2D eigenvalue weighted by atomic mass is 9.75. The highest BCUT2D eigenvalue weighted by Gasteiger charge is 2.28. The Bertz CT molecular complexity index is 319. The van der Waals surface area contributed by atoms with Gasteiger partial charge in [-0.1, -0.05) is 20.8 Å². The van der Waals surface area contributed by atoms with Crippen LogP contribution in [0.15, 0.2) is 0 Å². The van der Waals surface area contributed by atoms with Crippen LogP contribution in [0, 0.1) is 5.41 Å². The fourth-order valence-electron chi connectivity index (χ4n) is 2.50. The van der Waals surface area contributed by atoms with Crippen LogP contribution in [-0.2, 0) is 4.79 Å². The van der Waals surface area contributed by atoms with E-state index >= 15 is 0 Å². The van der Waals surface area contributed by atoms with Gasteiger partial charge >= 0.3 is 12.0 Å². The SMILES string of the molecule is CCCN(CC(=O)O)C(=O)NC1CCC(C)(C)CC1. The molecule has 0 aliphatic heterocycles. The standard InChI is InChI=1S/C14H26N2O3/c1-4-9-16(10-12(17)18)13(19)15-11-5-7-14(2,3)8-6-11/h11H,4-10H2,1-3H3,(H,15,19)(H,17,18). The van der Waals surface area contributed by atoms with Crippen molar-refractivity contribution in [3.63, 3.8) is 0 Å². The van der Waals surface area contributed by atoms with Gasteiger partial charge in [0.1, 0.15) is 6.54 Å². The van der Waals surface area contributed by atoms with Gasteiger partial charge in [0.25, 0.3) is 0 Å². The van der Waals surface area contributed by atoms with Crippen LogP contribution in [0.4, 0.5) is 4.79 Å². The third-order valence-corrected chi connectivity index (χ3v) is 3.77. The normalized spacial score (nSPS) is 18.9. The van der Waals surface area contributed by atoms with Gasteiger partial charge in [-0.3, -0.25) is 4.79 Å². The molecule has 1 aliphatic carbocycles. The molecule has 1 saturated carbocycles. The predicted octanol–water partition coefficient (Wildman–Crippen LogP) is 2.46. The van der Waals surface area contributed by atoms with Crippen molar-refractivity contribution in [3.05, 3.63) is 0 Å². The number of carbonyl (C=O) groups excluding carboxylic acids is 1. The van der Waals surface area contributed by atoms with Crippen LogP contribution in [0.2, 0.25) is 0 Å². The molecule has 0 unspecified atom stereocenters. The largest absolute Gasteiger partial charge is 0.480 e. The van der Waals surface area contributed by atoms with Crippen LogP contribution in [0.25, 0.3) is 0 Å². The topological polar surface area (TPSA) is 69.6 Å². The number of carboxylic acid groups (broad SMARTS) is 1. The van der Waals surface area contributed by atoms with Crippen molar-refractivity contribution in [1.82, 2.24) is 10.2 Å². The van der Waals surface area contributed by atoms with E-state index in [9.17, 15) is 9.59 Å². The highest BCUT2D eigenvalue weighted by Crippen LogP contribution is 2.34. The van der Waals surface area contributed by atoms with Crippen LogP contribution in [0.3, 0.4) is 0 Å². The number of carbonyl (C=O) groups is 2. The van der Waals surface area contributed by atoms with E-state index in [2.05, 4.69) is 19.2 Å². The first kappa shape index (κ1) is 15.8. The van der Waals surface area contributed by atoms with Crippen LogP contribution < -0.4 is 5.32 Å². The third-order valence-electron chi connectivity index (χ3n) is 3.77. The molecular formula is C14H26N2O3. The van der Waals surface area contributed by atoms with Crippen molar-refractivity contribution in [2.75, 3.05) is 13.1 Å². The summed E-state index contributed by atoms with van der Waals surface area (Å²) in [5.41, 5.74) is 0.366. The van der Waals surface area contributed by atoms with Gasteiger partial charge in [-0.15, -0.1) is 0 Å². The zero-order valence-electron chi connectivity index (χ0n) is 12.2. The van der Waals surface area contributed by atoms with Crippen molar-refractivity contribution in [2.24, 2.45) is 5.41 Å². The molecule has 5 nitrogen and oxygen atoms in total. The van der Waals surface area contributed by atoms with Crippen molar-refractivity contribution >= 4 is 12.0 Å². The van der Waals surface area contributed by atoms with Gasteiger partial charge in [-0.25, -0.2) is 4.79 Å². The lowest BCUT2D eigenvalue weighted by Crippen LogP contribution is -2.48. The molecule has 0 aromatic carbocycles. The number of aliphatic carboxylic acids is 1. The number of carboxylic acids is 1. The minimum Gasteiger partial charge on any atom is -0.480 e. The Morgan fingerprint density at radius 3 is 2.37 bits per heavy atom. The molecule has 0 bridgehead atoms. The lowest BCUT2D eigenvalue weighted by molar-refractivity contribution is -0.137. The molecule has 5 heteroatoms. The minimum absolute atomic E-state index is 0.189. The molecule has 1 fully saturated rings. The van der Waals surface area contributed by atoms with Gasteiger partial charge in [0, 0.05) is 12.6 Å². The Kier molecular flexibility index (Phi) is 5.63. The van der Waals surface area contributed by atoms with Crippen molar-refractivity contribution < 1.29 is 14.7 Å². The highest BCUT2D eigenvalue weighted by atomic mass is 16.4. The van der Waals surface area contributed by atoms with E-state index in [0.29, 0.717) is 12.0 Å². The molecular weight excluding hydrogens is 244 g/mol. The Balaban J connectivity index is 2.46. The second-order valence-electron chi connectivity index (χ2n) is 6.20. The Labute approximate surface area is 115 Å². The molecule has 0 saturated heterocycles. The highest BCUT2D eigenvalue weighted by molar-refractivity contribution is 5.80. The molecule has 0 spiro atoms. The fraction of sp³-hybridized carbons (Fsp3) is 0.857. The number of nitrogens with zero attached hydrogens (tertiary/aromatic N) is 1. The fourth-order valence-corrected chi connectivity index (χ4v) is 2.50. The summed E-state index contributed by atoms with van der Waals surface area (Å²) in [7, 11) is 0. The molecule has 1 aliphatic rings. The maximum Gasteiger partial charge on any atom is 0.323 e. The maximum atomic E-state index is 12.0. The summed E-state index contributed by atoms with van der Waals surface area (Å²) in [4.78, 5) is 24.2. The molecule has 0 aromatic rings. The quantitative estimate of drug-likeness (QED) is 0.806.